The lowest BCUT2D eigenvalue weighted by atomic mass is 9.99. The number of benzene rings is 1. The highest BCUT2D eigenvalue weighted by Crippen LogP contribution is 2.29. The van der Waals surface area contributed by atoms with Gasteiger partial charge in [0.05, 0.1) is 10.0 Å². The van der Waals surface area contributed by atoms with Crippen molar-refractivity contribution in [3.05, 3.63) is 55.8 Å². The van der Waals surface area contributed by atoms with Gasteiger partial charge in [-0.05, 0) is 60.9 Å². The summed E-state index contributed by atoms with van der Waals surface area (Å²) >= 11 is 7.08. The molecule has 0 unspecified atom stereocenters. The van der Waals surface area contributed by atoms with Crippen LogP contribution in [0, 0.1) is 5.82 Å². The van der Waals surface area contributed by atoms with E-state index in [0.29, 0.717) is 15.8 Å². The molecule has 162 valence electrons. The summed E-state index contributed by atoms with van der Waals surface area (Å²) in [5.74, 6) is -0.923. The van der Waals surface area contributed by atoms with Crippen molar-refractivity contribution in [1.29, 1.82) is 0 Å². The van der Waals surface area contributed by atoms with Crippen molar-refractivity contribution in [3.63, 3.8) is 0 Å². The van der Waals surface area contributed by atoms with Crippen LogP contribution in [0.5, 0.6) is 0 Å². The van der Waals surface area contributed by atoms with Crippen molar-refractivity contribution in [2.75, 3.05) is 18.0 Å². The molecule has 30 heavy (non-hydrogen) atoms. The molecule has 0 spiro atoms. The predicted octanol–water partition coefficient (Wildman–Crippen LogP) is 3.30. The summed E-state index contributed by atoms with van der Waals surface area (Å²) in [7, 11) is -3.83. The normalized spacial score (nSPS) is 19.2. The van der Waals surface area contributed by atoms with Crippen molar-refractivity contribution in [2.45, 2.75) is 25.4 Å². The van der Waals surface area contributed by atoms with Crippen molar-refractivity contribution < 1.29 is 17.6 Å². The zero-order valence-electron chi connectivity index (χ0n) is 15.7. The van der Waals surface area contributed by atoms with Crippen LogP contribution in [-0.4, -0.2) is 33.5 Å². The first-order valence-corrected chi connectivity index (χ1v) is 11.9. The summed E-state index contributed by atoms with van der Waals surface area (Å²) in [5.41, 5.74) is 2.11. The van der Waals surface area contributed by atoms with Crippen LogP contribution in [0.15, 0.2) is 29.7 Å². The van der Waals surface area contributed by atoms with E-state index in [9.17, 15) is 17.6 Å². The molecular weight excluding hydrogens is 472 g/mol. The number of amides is 1. The van der Waals surface area contributed by atoms with Gasteiger partial charge in [0.15, 0.2) is 0 Å². The van der Waals surface area contributed by atoms with Gasteiger partial charge in [-0.3, -0.25) is 4.79 Å². The lowest BCUT2D eigenvalue weighted by Gasteiger charge is -2.23. The third kappa shape index (κ3) is 5.04. The Morgan fingerprint density at radius 1 is 1.30 bits per heavy atom. The Bertz CT molecular complexity index is 1090. The van der Waals surface area contributed by atoms with Gasteiger partial charge in [0.1, 0.15) is 11.9 Å². The van der Waals surface area contributed by atoms with Gasteiger partial charge in [0.2, 0.25) is 15.9 Å². The second-order valence-electron chi connectivity index (χ2n) is 6.94. The van der Waals surface area contributed by atoms with Crippen LogP contribution >= 0.6 is 35.3 Å². The third-order valence-corrected chi connectivity index (χ3v) is 7.27. The molecule has 1 aromatic heterocycles. The summed E-state index contributed by atoms with van der Waals surface area (Å²) < 4.78 is 42.2. The molecule has 2 N–H and O–H groups in total. The number of halogens is 3. The molecule has 0 saturated carbocycles. The molecule has 1 atom stereocenters. The third-order valence-electron chi connectivity index (χ3n) is 4.96. The predicted molar refractivity (Wildman–Crippen MR) is 120 cm³/mol. The van der Waals surface area contributed by atoms with Crippen LogP contribution < -0.4 is 14.9 Å². The largest absolute Gasteiger partial charge is 0.312 e. The van der Waals surface area contributed by atoms with Crippen LogP contribution in [0.3, 0.4) is 0 Å². The molecule has 3 heterocycles. The van der Waals surface area contributed by atoms with E-state index in [-0.39, 0.29) is 31.1 Å². The molecule has 1 amide bonds. The van der Waals surface area contributed by atoms with E-state index in [1.54, 1.807) is 18.2 Å². The number of hydrogen-bond acceptors (Lipinski definition) is 5. The number of thiophene rings is 1. The molecule has 0 radical (unpaired) electrons. The lowest BCUT2D eigenvalue weighted by molar-refractivity contribution is -0.118. The number of sulfonamides is 1. The van der Waals surface area contributed by atoms with Gasteiger partial charge in [-0.2, -0.15) is 4.72 Å². The highest BCUT2D eigenvalue weighted by molar-refractivity contribution is 7.92. The minimum absolute atomic E-state index is 0. The Hall–Kier alpha value is -1.49. The Balaban J connectivity index is 0.00000256. The fourth-order valence-electron chi connectivity index (χ4n) is 3.54. The molecule has 2 aliphatic rings. The number of nitrogens with one attached hydrogen (secondary N) is 2. The second-order valence-corrected chi connectivity index (χ2v) is 10.3. The minimum atomic E-state index is -3.83. The van der Waals surface area contributed by atoms with Crippen LogP contribution in [0.2, 0.25) is 4.34 Å². The molecule has 1 saturated heterocycles. The number of fused-ring (bicyclic) bond motifs is 1. The van der Waals surface area contributed by atoms with Gasteiger partial charge in [-0.25, -0.2) is 12.8 Å². The first-order chi connectivity index (χ1) is 13.8. The first kappa shape index (κ1) is 23.2. The number of carbonyl (C=O) groups is 1. The van der Waals surface area contributed by atoms with Crippen LogP contribution in [0.4, 0.5) is 10.1 Å². The number of hydrogen-bond donors (Lipinski definition) is 2. The van der Waals surface area contributed by atoms with Crippen LogP contribution in [-0.2, 0) is 27.8 Å². The molecule has 2 aromatic rings. The van der Waals surface area contributed by atoms with E-state index >= 15 is 0 Å². The Labute approximate surface area is 189 Å². The van der Waals surface area contributed by atoms with Crippen molar-refractivity contribution in [3.8, 4) is 0 Å². The molecule has 4 rings (SSSR count). The maximum absolute atomic E-state index is 14.6. The maximum atomic E-state index is 14.6. The average molecular weight is 492 g/mol. The highest BCUT2D eigenvalue weighted by Gasteiger charge is 2.36. The van der Waals surface area contributed by atoms with E-state index < -0.39 is 27.8 Å². The quantitative estimate of drug-likeness (QED) is 0.672. The number of rotatable bonds is 5. The van der Waals surface area contributed by atoms with Gasteiger partial charge in [-0.1, -0.05) is 11.6 Å². The van der Waals surface area contributed by atoms with Gasteiger partial charge >= 0.3 is 0 Å². The summed E-state index contributed by atoms with van der Waals surface area (Å²) in [6, 6.07) is 5.62. The Kier molecular flexibility index (Phi) is 7.21. The van der Waals surface area contributed by atoms with E-state index in [4.69, 9.17) is 11.6 Å². The van der Waals surface area contributed by atoms with Gasteiger partial charge < -0.3 is 10.2 Å². The molecule has 0 bridgehead atoms. The van der Waals surface area contributed by atoms with Crippen molar-refractivity contribution in [2.24, 2.45) is 0 Å². The van der Waals surface area contributed by atoms with E-state index in [0.717, 1.165) is 29.5 Å². The fraction of sp³-hybridized carbons (Fsp3) is 0.316. The number of nitrogens with zero attached hydrogens (tertiary/aromatic N) is 1. The summed E-state index contributed by atoms with van der Waals surface area (Å²) in [6.45, 7) is 1.66. The maximum Gasteiger partial charge on any atom is 0.245 e. The Morgan fingerprint density at radius 3 is 2.83 bits per heavy atom. The molecule has 11 heteroatoms. The average Bonchev–Trinajstić information content (AvgIpc) is 3.25. The smallest absolute Gasteiger partial charge is 0.245 e. The van der Waals surface area contributed by atoms with Crippen LogP contribution in [0.1, 0.15) is 22.4 Å². The molecule has 2 aliphatic heterocycles. The molecule has 1 aromatic carbocycles. The molecular formula is C19H20Cl2FN3O3S2. The number of carbonyl (C=O) groups excluding carboxylic acids is 1. The summed E-state index contributed by atoms with van der Waals surface area (Å²) in [5, 5.41) is 4.20. The Morgan fingerprint density at radius 2 is 2.10 bits per heavy atom. The zero-order valence-corrected chi connectivity index (χ0v) is 18.9. The molecule has 6 nitrogen and oxygen atoms in total. The number of anilines is 1. The van der Waals surface area contributed by atoms with Gasteiger partial charge in [0.25, 0.3) is 0 Å². The van der Waals surface area contributed by atoms with Gasteiger partial charge in [0, 0.05) is 23.4 Å². The van der Waals surface area contributed by atoms with Crippen molar-refractivity contribution in [1.82, 2.24) is 10.0 Å². The van der Waals surface area contributed by atoms with E-state index in [1.807, 2.05) is 0 Å². The van der Waals surface area contributed by atoms with Crippen molar-refractivity contribution >= 4 is 63.0 Å². The monoisotopic (exact) mass is 491 g/mol. The summed E-state index contributed by atoms with van der Waals surface area (Å²) in [6.07, 6.45) is 2.46. The molecule has 0 aliphatic carbocycles. The standard InChI is InChI=1S/C19H19ClFN3O3S2.ClH/c20-18-2-1-14(28-18)5-8-29(26,27)23-16-4-7-24(19(16)25)17-10-12-3-6-22-11-13(12)9-15(17)21;/h1-2,5,8-10,16,22-23H,3-4,6-7,11H2;1H/b8-5+;/t16-;/m0./s1. The first-order valence-electron chi connectivity index (χ1n) is 9.11. The van der Waals surface area contributed by atoms with Gasteiger partial charge in [-0.15, -0.1) is 23.7 Å². The topological polar surface area (TPSA) is 78.5 Å². The zero-order chi connectivity index (χ0) is 20.6. The van der Waals surface area contributed by atoms with E-state index in [2.05, 4.69) is 10.0 Å². The SMILES string of the molecule is Cl.O=C1[C@@H](NS(=O)(=O)/C=C/c2ccc(Cl)s2)CCN1c1cc2c(cc1F)CNCC2. The highest BCUT2D eigenvalue weighted by atomic mass is 35.5. The lowest BCUT2D eigenvalue weighted by Crippen LogP contribution is -2.41. The summed E-state index contributed by atoms with van der Waals surface area (Å²) in [4.78, 5) is 14.8. The fourth-order valence-corrected chi connectivity index (χ4v) is 5.61. The van der Waals surface area contributed by atoms with E-state index in [1.165, 1.54) is 28.4 Å². The minimum Gasteiger partial charge on any atom is -0.312 e. The molecule has 1 fully saturated rings. The van der Waals surface area contributed by atoms with Crippen LogP contribution in [0.25, 0.3) is 6.08 Å². The second kappa shape index (κ2) is 9.33.